The molecule has 0 saturated carbocycles. The minimum atomic E-state index is -3.25. The predicted octanol–water partition coefficient (Wildman–Crippen LogP) is -1.47. The molecule has 25 heavy (non-hydrogen) atoms. The molecule has 1 aromatic rings. The molecule has 2 rings (SSSR count). The number of hydrogen-bond donors (Lipinski definition) is 3. The molecule has 0 spiro atoms. The third kappa shape index (κ3) is 5.41. The lowest BCUT2D eigenvalue weighted by atomic mass is 10.0. The Balaban J connectivity index is 2.19. The van der Waals surface area contributed by atoms with Crippen LogP contribution in [0.15, 0.2) is 24.3 Å². The van der Waals surface area contributed by atoms with Crippen molar-refractivity contribution in [2.45, 2.75) is 25.1 Å². The molecule has 1 saturated heterocycles. The molecule has 1 aliphatic heterocycles. The molecule has 142 valence electrons. The fourth-order valence-electron chi connectivity index (χ4n) is 3.22. The Morgan fingerprint density at radius 1 is 1.08 bits per heavy atom. The highest BCUT2D eigenvalue weighted by Crippen LogP contribution is 2.16. The largest absolute Gasteiger partial charge is 0.378 e. The fraction of sp³-hybridized carbons (Fsp3) is 0.667. The third-order valence-corrected chi connectivity index (χ3v) is 6.97. The van der Waals surface area contributed by atoms with Crippen molar-refractivity contribution in [1.82, 2.24) is 4.72 Å². The van der Waals surface area contributed by atoms with E-state index in [1.54, 1.807) is 18.7 Å². The molecule has 0 aliphatic carbocycles. The molecule has 6 nitrogen and oxygen atoms in total. The van der Waals surface area contributed by atoms with Gasteiger partial charge >= 0.3 is 0 Å². The highest BCUT2D eigenvalue weighted by atomic mass is 32.2. The normalized spacial score (nSPS) is 22.8. The third-order valence-electron chi connectivity index (χ3n) is 5.16. The summed E-state index contributed by atoms with van der Waals surface area (Å²) in [4.78, 5) is 5.09. The molecule has 1 aromatic carbocycles. The van der Waals surface area contributed by atoms with E-state index in [1.165, 1.54) is 10.5 Å². The van der Waals surface area contributed by atoms with Crippen molar-refractivity contribution < 1.29 is 18.2 Å². The van der Waals surface area contributed by atoms with Crippen LogP contribution >= 0.6 is 0 Å². The Morgan fingerprint density at radius 2 is 1.64 bits per heavy atom. The summed E-state index contributed by atoms with van der Waals surface area (Å²) in [6.45, 7) is 8.27. The van der Waals surface area contributed by atoms with Gasteiger partial charge in [0.15, 0.2) is 0 Å². The van der Waals surface area contributed by atoms with Gasteiger partial charge in [0.25, 0.3) is 0 Å². The number of benzene rings is 1. The number of nitrogens with zero attached hydrogens (tertiary/aromatic N) is 1. The van der Waals surface area contributed by atoms with Gasteiger partial charge in [0, 0.05) is 25.3 Å². The van der Waals surface area contributed by atoms with E-state index in [0.29, 0.717) is 6.54 Å². The Labute approximate surface area is 152 Å². The molecule has 7 heteroatoms. The number of rotatable bonds is 7. The quantitative estimate of drug-likeness (QED) is 0.550. The first-order valence-electron chi connectivity index (χ1n) is 9.12. The van der Waals surface area contributed by atoms with Gasteiger partial charge in [-0.15, -0.1) is 0 Å². The summed E-state index contributed by atoms with van der Waals surface area (Å²) in [6.07, 6.45) is 0. The second kappa shape index (κ2) is 8.49. The molecule has 0 bridgehead atoms. The van der Waals surface area contributed by atoms with Crippen molar-refractivity contribution in [1.29, 1.82) is 0 Å². The summed E-state index contributed by atoms with van der Waals surface area (Å²) in [5.74, 6) is 0. The zero-order valence-corrected chi connectivity index (χ0v) is 17.0. The van der Waals surface area contributed by atoms with Gasteiger partial charge in [-0.1, -0.05) is 12.1 Å². The van der Waals surface area contributed by atoms with Crippen molar-refractivity contribution in [2.24, 2.45) is 0 Å². The van der Waals surface area contributed by atoms with E-state index in [4.69, 9.17) is 0 Å². The molecule has 0 radical (unpaired) electrons. The summed E-state index contributed by atoms with van der Waals surface area (Å²) in [7, 11) is 3.02. The second-order valence-electron chi connectivity index (χ2n) is 7.60. The zero-order valence-electron chi connectivity index (χ0n) is 16.2. The summed E-state index contributed by atoms with van der Waals surface area (Å²) >= 11 is 0. The Morgan fingerprint density at radius 3 is 2.12 bits per heavy atom. The Kier molecular flexibility index (Phi) is 6.85. The van der Waals surface area contributed by atoms with Crippen LogP contribution in [-0.2, 0) is 10.0 Å². The lowest BCUT2D eigenvalue weighted by Crippen LogP contribution is -3.27. The lowest BCUT2D eigenvalue weighted by Gasteiger charge is -2.34. The van der Waals surface area contributed by atoms with Crippen LogP contribution in [0.3, 0.4) is 0 Å². The van der Waals surface area contributed by atoms with Crippen molar-refractivity contribution in [3.63, 3.8) is 0 Å². The number of piperazine rings is 1. The maximum absolute atomic E-state index is 12.2. The average Bonchev–Trinajstić information content (AvgIpc) is 2.57. The fourth-order valence-corrected chi connectivity index (χ4v) is 3.95. The van der Waals surface area contributed by atoms with Crippen molar-refractivity contribution >= 4 is 15.7 Å². The van der Waals surface area contributed by atoms with Gasteiger partial charge in [0.2, 0.25) is 10.0 Å². The molecule has 0 amide bonds. The number of quaternary nitrogens is 2. The number of hydrogen-bond acceptors (Lipinski definition) is 3. The average molecular weight is 371 g/mol. The van der Waals surface area contributed by atoms with Gasteiger partial charge in [0.1, 0.15) is 32.2 Å². The van der Waals surface area contributed by atoms with Crippen molar-refractivity contribution in [3.8, 4) is 0 Å². The molecule has 1 aliphatic rings. The van der Waals surface area contributed by atoms with E-state index in [-0.39, 0.29) is 6.04 Å². The van der Waals surface area contributed by atoms with Gasteiger partial charge < -0.3 is 14.7 Å². The number of anilines is 1. The molecular formula is C18H34N4O2S+2. The molecule has 3 N–H and O–H groups in total. The van der Waals surface area contributed by atoms with Gasteiger partial charge in [-0.05, 0) is 26.0 Å². The highest BCUT2D eigenvalue weighted by Gasteiger charge is 2.30. The van der Waals surface area contributed by atoms with E-state index in [9.17, 15) is 8.42 Å². The standard InChI is InChI=1S/C18H32N4O2S/c1-15(2)25(23,24)19-14-18(22-12-10-21(5)11-13-22)16-6-8-17(9-7-16)20(3)4/h6-9,15,18-19H,10-14H2,1-5H3/p+2/t18-/m1/s1. The van der Waals surface area contributed by atoms with Gasteiger partial charge in [-0.2, -0.15) is 0 Å². The van der Waals surface area contributed by atoms with Crippen LogP contribution in [0.1, 0.15) is 25.5 Å². The topological polar surface area (TPSA) is 58.3 Å². The summed E-state index contributed by atoms with van der Waals surface area (Å²) in [5.41, 5.74) is 2.36. The number of sulfonamides is 1. The van der Waals surface area contributed by atoms with Crippen molar-refractivity contribution in [2.75, 3.05) is 58.8 Å². The van der Waals surface area contributed by atoms with Crippen molar-refractivity contribution in [3.05, 3.63) is 29.8 Å². The van der Waals surface area contributed by atoms with E-state index < -0.39 is 15.3 Å². The first-order chi connectivity index (χ1) is 11.7. The molecule has 1 heterocycles. The lowest BCUT2D eigenvalue weighted by molar-refractivity contribution is -1.02. The summed E-state index contributed by atoms with van der Waals surface area (Å²) in [5, 5.41) is -0.406. The summed E-state index contributed by atoms with van der Waals surface area (Å²) in [6, 6.07) is 8.65. The van der Waals surface area contributed by atoms with Gasteiger partial charge in [-0.25, -0.2) is 13.1 Å². The highest BCUT2D eigenvalue weighted by molar-refractivity contribution is 7.90. The molecular weight excluding hydrogens is 336 g/mol. The minimum absolute atomic E-state index is 0.151. The first kappa shape index (κ1) is 20.2. The van der Waals surface area contributed by atoms with Gasteiger partial charge in [-0.3, -0.25) is 0 Å². The monoisotopic (exact) mass is 370 g/mol. The SMILES string of the molecule is CC(C)S(=O)(=O)NC[C@H](c1ccc(N(C)C)cc1)[NH+]1CC[NH+](C)CC1. The molecule has 1 fully saturated rings. The first-order valence-corrected chi connectivity index (χ1v) is 10.7. The smallest absolute Gasteiger partial charge is 0.214 e. The number of likely N-dealkylation sites (N-methyl/N-ethyl adjacent to an activating group) is 1. The molecule has 0 aromatic heterocycles. The van der Waals surface area contributed by atoms with E-state index >= 15 is 0 Å². The molecule has 0 unspecified atom stereocenters. The van der Waals surface area contributed by atoms with Crippen LogP contribution in [0, 0.1) is 0 Å². The predicted molar refractivity (Wildman–Crippen MR) is 103 cm³/mol. The summed E-state index contributed by atoms with van der Waals surface area (Å²) < 4.78 is 27.3. The number of nitrogens with one attached hydrogen (secondary N) is 3. The van der Waals surface area contributed by atoms with Crippen LogP contribution in [0.25, 0.3) is 0 Å². The van der Waals surface area contributed by atoms with Gasteiger partial charge in [0.05, 0.1) is 18.8 Å². The van der Waals surface area contributed by atoms with Crippen LogP contribution in [0.2, 0.25) is 0 Å². The molecule has 1 atom stereocenters. The van der Waals surface area contributed by atoms with E-state index in [1.807, 2.05) is 14.1 Å². The van der Waals surface area contributed by atoms with Crippen LogP contribution < -0.4 is 19.4 Å². The van der Waals surface area contributed by atoms with Crippen LogP contribution in [0.4, 0.5) is 5.69 Å². The maximum Gasteiger partial charge on any atom is 0.214 e. The van der Waals surface area contributed by atoms with E-state index in [0.717, 1.165) is 31.9 Å². The Bertz CT molecular complexity index is 636. The zero-order chi connectivity index (χ0) is 18.6. The minimum Gasteiger partial charge on any atom is -0.378 e. The maximum atomic E-state index is 12.2. The Hall–Kier alpha value is -1.15. The van der Waals surface area contributed by atoms with E-state index in [2.05, 4.69) is 40.9 Å². The van der Waals surface area contributed by atoms with Crippen LogP contribution in [-0.4, -0.2) is 67.5 Å². The second-order valence-corrected chi connectivity index (χ2v) is 9.92. The van der Waals surface area contributed by atoms with Crippen LogP contribution in [0.5, 0.6) is 0 Å².